The Bertz CT molecular complexity index is 573. The van der Waals surface area contributed by atoms with Crippen LogP contribution in [0.25, 0.3) is 0 Å². The van der Waals surface area contributed by atoms with Crippen LogP contribution >= 0.6 is 0 Å². The Morgan fingerprint density at radius 1 is 1.25 bits per heavy atom. The number of carbonyl (C=O) groups excluding carboxylic acids is 2. The van der Waals surface area contributed by atoms with E-state index in [0.29, 0.717) is 11.3 Å². The number of ketones is 1. The lowest BCUT2D eigenvalue weighted by Crippen LogP contribution is -2.34. The minimum absolute atomic E-state index is 0.0404. The van der Waals surface area contributed by atoms with E-state index in [0.717, 1.165) is 0 Å². The van der Waals surface area contributed by atoms with Crippen molar-refractivity contribution in [3.63, 3.8) is 0 Å². The number of aliphatic carboxylic acids is 1. The number of para-hydroxylation sites is 1. The first kappa shape index (κ1) is 21.1. The van der Waals surface area contributed by atoms with E-state index in [4.69, 9.17) is 20.7 Å². The Hall–Kier alpha value is -2.90. The van der Waals surface area contributed by atoms with Gasteiger partial charge in [0.05, 0.1) is 0 Å². The number of hydrogen-bond acceptors (Lipinski definition) is 5. The van der Waals surface area contributed by atoms with E-state index in [1.54, 1.807) is 31.2 Å². The molecule has 0 aromatic heterocycles. The van der Waals surface area contributed by atoms with E-state index in [1.807, 2.05) is 0 Å². The molecule has 0 aliphatic rings. The van der Waals surface area contributed by atoms with E-state index in [-0.39, 0.29) is 49.9 Å². The molecule has 0 saturated carbocycles. The first-order valence-electron chi connectivity index (χ1n) is 7.28. The number of benzene rings is 1. The number of carboxylic acid groups (broad SMARTS) is 2. The molecule has 0 saturated heterocycles. The second kappa shape index (κ2) is 11.6. The predicted molar refractivity (Wildman–Crippen MR) is 87.6 cm³/mol. The number of nitrogens with one attached hydrogen (secondary N) is 1. The molecule has 1 aromatic rings. The van der Waals surface area contributed by atoms with Gasteiger partial charge in [-0.05, 0) is 25.5 Å². The fourth-order valence-electron chi connectivity index (χ4n) is 1.94. The number of nitrogen functional groups attached to an aromatic ring is 1. The molecule has 8 heteroatoms. The van der Waals surface area contributed by atoms with Gasteiger partial charge in [0.1, 0.15) is 0 Å². The average molecular weight is 338 g/mol. The first-order valence-corrected chi connectivity index (χ1v) is 7.28. The summed E-state index contributed by atoms with van der Waals surface area (Å²) < 4.78 is 0. The van der Waals surface area contributed by atoms with Crippen LogP contribution in [0.4, 0.5) is 5.69 Å². The van der Waals surface area contributed by atoms with Crippen molar-refractivity contribution < 1.29 is 29.4 Å². The molecule has 24 heavy (non-hydrogen) atoms. The van der Waals surface area contributed by atoms with Crippen LogP contribution in [-0.2, 0) is 14.4 Å². The predicted octanol–water partition coefficient (Wildman–Crippen LogP) is 1.30. The largest absolute Gasteiger partial charge is 0.483 e. The van der Waals surface area contributed by atoms with Gasteiger partial charge in [0, 0.05) is 36.6 Å². The number of carboxylic acids is 1. The summed E-state index contributed by atoms with van der Waals surface area (Å²) in [5.41, 5.74) is 6.60. The maximum absolute atomic E-state index is 12.1. The van der Waals surface area contributed by atoms with Crippen LogP contribution < -0.4 is 11.1 Å². The minimum Gasteiger partial charge on any atom is -0.483 e. The van der Waals surface area contributed by atoms with Gasteiger partial charge in [-0.1, -0.05) is 12.1 Å². The molecule has 0 aliphatic heterocycles. The molecule has 8 nitrogen and oxygen atoms in total. The summed E-state index contributed by atoms with van der Waals surface area (Å²) in [6, 6.07) is 6.47. The van der Waals surface area contributed by atoms with Crippen LogP contribution in [0.5, 0.6) is 0 Å². The highest BCUT2D eigenvalue weighted by Gasteiger charge is 2.15. The number of nitrogens with two attached hydrogens (primary N) is 1. The number of hydrogen-bond donors (Lipinski definition) is 4. The summed E-state index contributed by atoms with van der Waals surface area (Å²) in [5.74, 6) is -1.31. The topological polar surface area (TPSA) is 147 Å². The zero-order chi connectivity index (χ0) is 18.5. The number of rotatable bonds is 8. The Morgan fingerprint density at radius 2 is 1.83 bits per heavy atom. The number of anilines is 1. The van der Waals surface area contributed by atoms with Crippen molar-refractivity contribution in [1.82, 2.24) is 5.32 Å². The molecule has 0 radical (unpaired) electrons. The van der Waals surface area contributed by atoms with Gasteiger partial charge in [-0.15, -0.1) is 0 Å². The van der Waals surface area contributed by atoms with Gasteiger partial charge < -0.3 is 21.3 Å². The van der Waals surface area contributed by atoms with Crippen LogP contribution in [0.3, 0.4) is 0 Å². The summed E-state index contributed by atoms with van der Waals surface area (Å²) in [7, 11) is 0. The zero-order valence-electron chi connectivity index (χ0n) is 13.4. The van der Waals surface area contributed by atoms with Gasteiger partial charge in [0.2, 0.25) is 5.91 Å². The van der Waals surface area contributed by atoms with E-state index in [1.165, 1.54) is 0 Å². The summed E-state index contributed by atoms with van der Waals surface area (Å²) in [6.45, 7) is 1.48. The van der Waals surface area contributed by atoms with Crippen LogP contribution in [0.1, 0.15) is 43.0 Å². The standard InChI is InChI=1S/C15H20N2O4.CH2O2/c1-10(17-14(19)7-4-8-15(20)21)9-13(18)11-5-2-3-6-12(11)16;2-1-3/h2-3,5-6,10H,4,7-9,16H2,1H3,(H,17,19)(H,20,21);1H,(H,2,3). The molecular formula is C16H22N2O6. The lowest BCUT2D eigenvalue weighted by molar-refractivity contribution is -0.137. The normalized spacial score (nSPS) is 10.7. The van der Waals surface area contributed by atoms with Crippen molar-refractivity contribution in [3.05, 3.63) is 29.8 Å². The second-order valence-electron chi connectivity index (χ2n) is 5.04. The molecule has 132 valence electrons. The van der Waals surface area contributed by atoms with Crippen LogP contribution in [0.2, 0.25) is 0 Å². The molecule has 0 aliphatic carbocycles. The molecule has 1 aromatic carbocycles. The maximum atomic E-state index is 12.1. The fourth-order valence-corrected chi connectivity index (χ4v) is 1.94. The Labute approximate surface area is 139 Å². The third-order valence-electron chi connectivity index (χ3n) is 2.95. The monoisotopic (exact) mass is 338 g/mol. The van der Waals surface area contributed by atoms with Gasteiger partial charge in [-0.25, -0.2) is 0 Å². The van der Waals surface area contributed by atoms with Crippen molar-refractivity contribution in [2.75, 3.05) is 5.73 Å². The highest BCUT2D eigenvalue weighted by atomic mass is 16.4. The molecule has 5 N–H and O–H groups in total. The van der Waals surface area contributed by atoms with Crippen LogP contribution in [0.15, 0.2) is 24.3 Å². The smallest absolute Gasteiger partial charge is 0.303 e. The van der Waals surface area contributed by atoms with Gasteiger partial charge in [0.25, 0.3) is 6.47 Å². The molecular weight excluding hydrogens is 316 g/mol. The Morgan fingerprint density at radius 3 is 2.38 bits per heavy atom. The molecule has 0 spiro atoms. The molecule has 1 unspecified atom stereocenters. The summed E-state index contributed by atoms with van der Waals surface area (Å²) >= 11 is 0. The third-order valence-corrected chi connectivity index (χ3v) is 2.95. The van der Waals surface area contributed by atoms with Crippen molar-refractivity contribution in [3.8, 4) is 0 Å². The second-order valence-corrected chi connectivity index (χ2v) is 5.04. The van der Waals surface area contributed by atoms with E-state index < -0.39 is 5.97 Å². The van der Waals surface area contributed by atoms with Crippen LogP contribution in [0, 0.1) is 0 Å². The number of Topliss-reactive ketones (excluding diaryl/α,β-unsaturated/α-hetero) is 1. The van der Waals surface area contributed by atoms with Gasteiger partial charge in [0.15, 0.2) is 5.78 Å². The first-order chi connectivity index (χ1) is 11.3. The summed E-state index contributed by atoms with van der Waals surface area (Å²) in [6.07, 6.45) is 0.534. The number of amides is 1. The fraction of sp³-hybridized carbons (Fsp3) is 0.375. The average Bonchev–Trinajstić information content (AvgIpc) is 2.47. The summed E-state index contributed by atoms with van der Waals surface area (Å²) in [5, 5.41) is 18.1. The maximum Gasteiger partial charge on any atom is 0.303 e. The van der Waals surface area contributed by atoms with Gasteiger partial charge in [-0.2, -0.15) is 0 Å². The third kappa shape index (κ3) is 9.19. The van der Waals surface area contributed by atoms with Crippen molar-refractivity contribution in [2.24, 2.45) is 0 Å². The molecule has 1 atom stereocenters. The SMILES string of the molecule is CC(CC(=O)c1ccccc1N)NC(=O)CCCC(=O)O.O=CO. The van der Waals surface area contributed by atoms with Gasteiger partial charge >= 0.3 is 5.97 Å². The van der Waals surface area contributed by atoms with E-state index in [9.17, 15) is 14.4 Å². The Balaban J connectivity index is 0.00000163. The summed E-state index contributed by atoms with van der Waals surface area (Å²) in [4.78, 5) is 42.3. The zero-order valence-corrected chi connectivity index (χ0v) is 13.4. The van der Waals surface area contributed by atoms with E-state index >= 15 is 0 Å². The van der Waals surface area contributed by atoms with E-state index in [2.05, 4.69) is 5.32 Å². The Kier molecular flexibility index (Phi) is 10.2. The lowest BCUT2D eigenvalue weighted by atomic mass is 10.0. The molecule has 1 amide bonds. The van der Waals surface area contributed by atoms with Gasteiger partial charge in [-0.3, -0.25) is 19.2 Å². The highest BCUT2D eigenvalue weighted by molar-refractivity contribution is 6.01. The van der Waals surface area contributed by atoms with Crippen molar-refractivity contribution in [2.45, 2.75) is 38.6 Å². The van der Waals surface area contributed by atoms with Crippen molar-refractivity contribution >= 4 is 29.8 Å². The lowest BCUT2D eigenvalue weighted by Gasteiger charge is -2.13. The van der Waals surface area contributed by atoms with Crippen LogP contribution in [-0.4, -0.2) is 40.4 Å². The molecule has 1 rings (SSSR count). The van der Waals surface area contributed by atoms with Crippen molar-refractivity contribution in [1.29, 1.82) is 0 Å². The molecule has 0 fully saturated rings. The molecule has 0 bridgehead atoms. The minimum atomic E-state index is -0.925. The molecule has 0 heterocycles. The number of carbonyl (C=O) groups is 4. The highest BCUT2D eigenvalue weighted by Crippen LogP contribution is 2.14. The quantitative estimate of drug-likeness (QED) is 0.317.